The first kappa shape index (κ1) is 15.0. The van der Waals surface area contributed by atoms with Crippen LogP contribution in [-0.4, -0.2) is 40.9 Å². The Kier molecular flexibility index (Phi) is 6.94. The zero-order valence-electron chi connectivity index (χ0n) is 6.91. The molecule has 0 aromatic heterocycles. The number of rotatable bonds is 3. The molecule has 0 aliphatic rings. The summed E-state index contributed by atoms with van der Waals surface area (Å²) in [5.74, 6) is -2.50. The number of hydrogen-bond acceptors (Lipinski definition) is 6. The number of aliphatic hydroxyl groups is 3. The van der Waals surface area contributed by atoms with Crippen LogP contribution in [0.25, 0.3) is 0 Å². The topological polar surface area (TPSA) is 124 Å². The van der Waals surface area contributed by atoms with Gasteiger partial charge < -0.3 is 15.3 Å². The smallest absolute Gasteiger partial charge is 0.344 e. The maximum absolute atomic E-state index is 9.68. The predicted octanol–water partition coefficient (Wildman–Crippen LogP) is -1.37. The van der Waals surface area contributed by atoms with Crippen LogP contribution in [0.2, 0.25) is 0 Å². The summed E-state index contributed by atoms with van der Waals surface area (Å²) in [7, 11) is -4.26. The van der Waals surface area contributed by atoms with Crippen molar-refractivity contribution in [1.29, 1.82) is 0 Å². The molecule has 0 aliphatic heterocycles. The second kappa shape index (κ2) is 6.02. The third-order valence-electron chi connectivity index (χ3n) is 0.335. The van der Waals surface area contributed by atoms with Crippen molar-refractivity contribution in [3.63, 3.8) is 0 Å². The Balaban J connectivity index is 0. The molecular formula is C5H12O7S. The largest absolute Gasteiger partial charge is 0.397 e. The lowest BCUT2D eigenvalue weighted by atomic mass is 10.7. The average Bonchev–Trinajstić information content (AvgIpc) is 1.77. The van der Waals surface area contributed by atoms with Crippen LogP contribution in [0.1, 0.15) is 6.92 Å². The summed E-state index contributed by atoms with van der Waals surface area (Å²) in [6.45, 7) is 3.82. The van der Waals surface area contributed by atoms with Crippen LogP contribution in [0.15, 0.2) is 12.7 Å². The molecule has 0 aromatic carbocycles. The molecule has 0 saturated carbocycles. The maximum Gasteiger partial charge on any atom is 0.397 e. The van der Waals surface area contributed by atoms with E-state index in [1.807, 2.05) is 0 Å². The van der Waals surface area contributed by atoms with Gasteiger partial charge in [0, 0.05) is 6.92 Å². The van der Waals surface area contributed by atoms with Gasteiger partial charge in [0.05, 0.1) is 6.61 Å². The number of hydrogen-bond donors (Lipinski definition) is 4. The van der Waals surface area contributed by atoms with E-state index in [1.54, 1.807) is 0 Å². The minimum atomic E-state index is -4.26. The van der Waals surface area contributed by atoms with Crippen molar-refractivity contribution in [2.24, 2.45) is 0 Å². The first-order valence-electron chi connectivity index (χ1n) is 2.96. The summed E-state index contributed by atoms with van der Waals surface area (Å²) in [5, 5.41) is 22.9. The summed E-state index contributed by atoms with van der Waals surface area (Å²) >= 11 is 0. The van der Waals surface area contributed by atoms with E-state index in [-0.39, 0.29) is 6.61 Å². The minimum Gasteiger partial charge on any atom is -0.344 e. The van der Waals surface area contributed by atoms with E-state index in [0.29, 0.717) is 0 Å². The van der Waals surface area contributed by atoms with E-state index in [9.17, 15) is 8.42 Å². The van der Waals surface area contributed by atoms with E-state index in [1.165, 1.54) is 6.08 Å². The molecule has 8 heteroatoms. The van der Waals surface area contributed by atoms with Gasteiger partial charge in [0.1, 0.15) is 0 Å². The lowest BCUT2D eigenvalue weighted by Crippen LogP contribution is -2.20. The Morgan fingerprint density at radius 1 is 1.46 bits per heavy atom. The fraction of sp³-hybridized carbons (Fsp3) is 0.600. The lowest BCUT2D eigenvalue weighted by molar-refractivity contribution is -0.297. The van der Waals surface area contributed by atoms with Crippen molar-refractivity contribution in [1.82, 2.24) is 0 Å². The molecule has 0 bridgehead atoms. The SMILES string of the molecule is C=CCOS(=O)(=O)O.CC(O)(O)O. The van der Waals surface area contributed by atoms with Crippen molar-refractivity contribution in [2.45, 2.75) is 12.9 Å². The van der Waals surface area contributed by atoms with E-state index in [4.69, 9.17) is 19.9 Å². The van der Waals surface area contributed by atoms with E-state index >= 15 is 0 Å². The van der Waals surface area contributed by atoms with Crippen LogP contribution >= 0.6 is 0 Å². The third-order valence-corrected chi connectivity index (χ3v) is 0.769. The zero-order chi connectivity index (χ0) is 11.1. The van der Waals surface area contributed by atoms with Crippen LogP contribution < -0.4 is 0 Å². The molecule has 0 fully saturated rings. The highest BCUT2D eigenvalue weighted by atomic mass is 32.3. The van der Waals surface area contributed by atoms with Crippen LogP contribution in [0.5, 0.6) is 0 Å². The fourth-order valence-electron chi connectivity index (χ4n) is 0.134. The molecule has 0 saturated heterocycles. The Hall–Kier alpha value is -0.510. The second-order valence-corrected chi connectivity index (χ2v) is 3.06. The highest BCUT2D eigenvalue weighted by Gasteiger charge is 2.03. The molecule has 0 spiro atoms. The molecule has 13 heavy (non-hydrogen) atoms. The summed E-state index contributed by atoms with van der Waals surface area (Å²) in [4.78, 5) is 0. The summed E-state index contributed by atoms with van der Waals surface area (Å²) in [6.07, 6.45) is 1.22. The van der Waals surface area contributed by atoms with Crippen molar-refractivity contribution in [3.8, 4) is 0 Å². The van der Waals surface area contributed by atoms with E-state index in [0.717, 1.165) is 6.92 Å². The Bertz CT molecular complexity index is 218. The Labute approximate surface area is 75.8 Å². The van der Waals surface area contributed by atoms with Gasteiger partial charge in [0.15, 0.2) is 0 Å². The highest BCUT2D eigenvalue weighted by Crippen LogP contribution is 1.83. The van der Waals surface area contributed by atoms with E-state index < -0.39 is 16.4 Å². The van der Waals surface area contributed by atoms with Gasteiger partial charge in [-0.05, 0) is 0 Å². The molecule has 0 atom stereocenters. The molecule has 0 aromatic rings. The summed E-state index contributed by atoms with van der Waals surface area (Å²) in [6, 6.07) is 0. The molecule has 80 valence electrons. The van der Waals surface area contributed by atoms with Gasteiger partial charge in [-0.15, -0.1) is 6.58 Å². The molecule has 0 radical (unpaired) electrons. The molecule has 0 heterocycles. The summed E-state index contributed by atoms with van der Waals surface area (Å²) < 4.78 is 31.0. The third kappa shape index (κ3) is 51.3. The monoisotopic (exact) mass is 216 g/mol. The van der Waals surface area contributed by atoms with Crippen molar-refractivity contribution in [3.05, 3.63) is 12.7 Å². The van der Waals surface area contributed by atoms with Crippen LogP contribution in [0.4, 0.5) is 0 Å². The zero-order valence-corrected chi connectivity index (χ0v) is 7.73. The summed E-state index contributed by atoms with van der Waals surface area (Å²) in [5.41, 5.74) is 0. The Morgan fingerprint density at radius 3 is 1.85 bits per heavy atom. The van der Waals surface area contributed by atoms with Crippen molar-refractivity contribution < 1.29 is 32.5 Å². The van der Waals surface area contributed by atoms with Crippen LogP contribution in [0.3, 0.4) is 0 Å². The van der Waals surface area contributed by atoms with Gasteiger partial charge in [0.25, 0.3) is 5.97 Å². The molecule has 4 N–H and O–H groups in total. The molecule has 0 aliphatic carbocycles. The van der Waals surface area contributed by atoms with E-state index in [2.05, 4.69) is 10.8 Å². The van der Waals surface area contributed by atoms with Gasteiger partial charge in [-0.2, -0.15) is 8.42 Å². The van der Waals surface area contributed by atoms with Crippen LogP contribution in [-0.2, 0) is 14.6 Å². The van der Waals surface area contributed by atoms with Crippen molar-refractivity contribution >= 4 is 10.4 Å². The average molecular weight is 216 g/mol. The van der Waals surface area contributed by atoms with Gasteiger partial charge in [-0.25, -0.2) is 4.18 Å². The Morgan fingerprint density at radius 2 is 1.77 bits per heavy atom. The normalized spacial score (nSPS) is 11.5. The quantitative estimate of drug-likeness (QED) is 0.260. The van der Waals surface area contributed by atoms with Gasteiger partial charge in [-0.3, -0.25) is 4.55 Å². The van der Waals surface area contributed by atoms with Crippen molar-refractivity contribution in [2.75, 3.05) is 6.61 Å². The second-order valence-electron chi connectivity index (χ2n) is 1.97. The van der Waals surface area contributed by atoms with Gasteiger partial charge >= 0.3 is 10.4 Å². The molecule has 0 unspecified atom stereocenters. The van der Waals surface area contributed by atoms with Crippen LogP contribution in [0, 0.1) is 0 Å². The fourth-order valence-corrected chi connectivity index (χ4v) is 0.402. The van der Waals surface area contributed by atoms with Gasteiger partial charge in [-0.1, -0.05) is 6.08 Å². The maximum atomic E-state index is 9.68. The highest BCUT2D eigenvalue weighted by molar-refractivity contribution is 7.80. The standard InChI is InChI=1S/C3H6O4S.C2H6O3/c1-2-3-7-8(4,5)6;1-2(3,4)5/h2H,1,3H2,(H,4,5,6);3-5H,1H3. The predicted molar refractivity (Wildman–Crippen MR) is 42.8 cm³/mol. The minimum absolute atomic E-state index is 0.196. The first-order chi connectivity index (χ1) is 5.56. The van der Waals surface area contributed by atoms with Gasteiger partial charge in [0.2, 0.25) is 0 Å². The lowest BCUT2D eigenvalue weighted by Gasteiger charge is -2.01. The molecule has 0 rings (SSSR count). The molecule has 7 nitrogen and oxygen atoms in total. The molecule has 0 amide bonds. The molecular weight excluding hydrogens is 204 g/mol. The first-order valence-corrected chi connectivity index (χ1v) is 4.32.